The van der Waals surface area contributed by atoms with Gasteiger partial charge in [-0.25, -0.2) is 0 Å². The van der Waals surface area contributed by atoms with E-state index in [0.29, 0.717) is 24.9 Å². The molecule has 1 aromatic carbocycles. The summed E-state index contributed by atoms with van der Waals surface area (Å²) in [7, 11) is 0. The van der Waals surface area contributed by atoms with E-state index in [2.05, 4.69) is 20.8 Å². The van der Waals surface area contributed by atoms with Crippen LogP contribution in [-0.4, -0.2) is 5.97 Å². The lowest BCUT2D eigenvalue weighted by atomic mass is 9.75. The van der Waals surface area contributed by atoms with Crippen LogP contribution in [0, 0.1) is 17.3 Å². The summed E-state index contributed by atoms with van der Waals surface area (Å²) >= 11 is 0. The number of carbonyl (C=O) groups is 1. The fourth-order valence-electron chi connectivity index (χ4n) is 2.96. The van der Waals surface area contributed by atoms with E-state index >= 15 is 0 Å². The Kier molecular flexibility index (Phi) is 4.28. The van der Waals surface area contributed by atoms with Crippen LogP contribution in [0.4, 0.5) is 0 Å². The van der Waals surface area contributed by atoms with Gasteiger partial charge in [0, 0.05) is 6.42 Å². The van der Waals surface area contributed by atoms with Crippen LogP contribution in [-0.2, 0) is 16.1 Å². The van der Waals surface area contributed by atoms with Gasteiger partial charge in [-0.15, -0.1) is 0 Å². The molecule has 0 saturated heterocycles. The van der Waals surface area contributed by atoms with Gasteiger partial charge in [-0.3, -0.25) is 4.79 Å². The van der Waals surface area contributed by atoms with Crippen molar-refractivity contribution in [2.75, 3.05) is 0 Å². The van der Waals surface area contributed by atoms with Crippen LogP contribution < -0.4 is 0 Å². The van der Waals surface area contributed by atoms with Gasteiger partial charge in [-0.1, -0.05) is 51.1 Å². The monoisotopic (exact) mass is 260 g/mol. The van der Waals surface area contributed by atoms with Gasteiger partial charge in [-0.05, 0) is 35.7 Å². The summed E-state index contributed by atoms with van der Waals surface area (Å²) in [4.78, 5) is 11.9. The molecule has 0 spiro atoms. The molecule has 1 saturated carbocycles. The van der Waals surface area contributed by atoms with Crippen molar-refractivity contribution < 1.29 is 9.53 Å². The zero-order chi connectivity index (χ0) is 13.9. The van der Waals surface area contributed by atoms with Crippen molar-refractivity contribution in [1.82, 2.24) is 0 Å². The third kappa shape index (κ3) is 3.37. The lowest BCUT2D eigenvalue weighted by molar-refractivity contribution is -0.147. The molecule has 1 fully saturated rings. The smallest absolute Gasteiger partial charge is 0.306 e. The highest BCUT2D eigenvalue weighted by Gasteiger charge is 2.41. The quantitative estimate of drug-likeness (QED) is 0.759. The lowest BCUT2D eigenvalue weighted by Crippen LogP contribution is -2.26. The molecule has 2 rings (SSSR count). The Morgan fingerprint density at radius 3 is 2.53 bits per heavy atom. The van der Waals surface area contributed by atoms with E-state index in [4.69, 9.17) is 4.74 Å². The summed E-state index contributed by atoms with van der Waals surface area (Å²) in [6, 6.07) is 9.85. The number of esters is 1. The minimum absolute atomic E-state index is 0.0592. The first-order chi connectivity index (χ1) is 9.00. The Balaban J connectivity index is 1.82. The van der Waals surface area contributed by atoms with Crippen molar-refractivity contribution in [1.29, 1.82) is 0 Å². The molecule has 104 valence electrons. The van der Waals surface area contributed by atoms with Crippen LogP contribution in [0.25, 0.3) is 0 Å². The van der Waals surface area contributed by atoms with Gasteiger partial charge in [0.2, 0.25) is 0 Å². The molecule has 1 aromatic rings. The van der Waals surface area contributed by atoms with Gasteiger partial charge in [0.15, 0.2) is 0 Å². The molecule has 1 aliphatic rings. The zero-order valence-electron chi connectivity index (χ0n) is 12.2. The first-order valence-electron chi connectivity index (χ1n) is 7.19. The van der Waals surface area contributed by atoms with E-state index in [1.807, 2.05) is 30.3 Å². The molecule has 0 radical (unpaired) electrons. The van der Waals surface area contributed by atoms with Crippen molar-refractivity contribution >= 4 is 5.97 Å². The topological polar surface area (TPSA) is 26.3 Å². The van der Waals surface area contributed by atoms with Crippen LogP contribution in [0.3, 0.4) is 0 Å². The molecular formula is C17H24O2. The molecule has 0 aromatic heterocycles. The number of rotatable bonds is 4. The summed E-state index contributed by atoms with van der Waals surface area (Å²) in [6.07, 6.45) is 2.93. The van der Waals surface area contributed by atoms with Crippen molar-refractivity contribution in [3.8, 4) is 0 Å². The van der Waals surface area contributed by atoms with Crippen LogP contribution in [0.1, 0.15) is 45.6 Å². The molecule has 1 aliphatic carbocycles. The second-order valence-electron chi connectivity index (χ2n) is 6.35. The van der Waals surface area contributed by atoms with Crippen LogP contribution >= 0.6 is 0 Å². The predicted octanol–water partition coefficient (Wildman–Crippen LogP) is 4.19. The average molecular weight is 260 g/mol. The molecule has 0 aliphatic heterocycles. The third-order valence-corrected chi connectivity index (χ3v) is 4.93. The second kappa shape index (κ2) is 5.77. The second-order valence-corrected chi connectivity index (χ2v) is 6.35. The number of carbonyl (C=O) groups excluding carboxylic acids is 1. The van der Waals surface area contributed by atoms with E-state index < -0.39 is 0 Å². The summed E-state index contributed by atoms with van der Waals surface area (Å²) < 4.78 is 5.38. The van der Waals surface area contributed by atoms with Gasteiger partial charge in [0.05, 0.1) is 0 Å². The minimum atomic E-state index is -0.0592. The maximum absolute atomic E-state index is 11.9. The summed E-state index contributed by atoms with van der Waals surface area (Å²) in [5.41, 5.74) is 1.31. The maximum Gasteiger partial charge on any atom is 0.306 e. The fraction of sp³-hybridized carbons (Fsp3) is 0.588. The molecule has 2 nitrogen and oxygen atoms in total. The van der Waals surface area contributed by atoms with Crippen molar-refractivity contribution in [2.24, 2.45) is 17.3 Å². The lowest BCUT2D eigenvalue weighted by Gasteiger charge is -2.30. The molecule has 0 N–H and O–H groups in total. The van der Waals surface area contributed by atoms with Crippen LogP contribution in [0.5, 0.6) is 0 Å². The highest BCUT2D eigenvalue weighted by atomic mass is 16.5. The van der Waals surface area contributed by atoms with E-state index in [1.54, 1.807) is 0 Å². The maximum atomic E-state index is 11.9. The first-order valence-corrected chi connectivity index (χ1v) is 7.19. The molecule has 2 atom stereocenters. The van der Waals surface area contributed by atoms with Crippen molar-refractivity contribution in [3.63, 3.8) is 0 Å². The SMILES string of the molecule is C[C@H]1CC[C@@H](CC(=O)OCc2ccccc2)C1(C)C. The van der Waals surface area contributed by atoms with E-state index in [0.717, 1.165) is 12.0 Å². The number of benzene rings is 1. The Labute approximate surface area is 116 Å². The molecule has 19 heavy (non-hydrogen) atoms. The summed E-state index contributed by atoms with van der Waals surface area (Å²) in [5, 5.41) is 0. The molecule has 2 heteroatoms. The van der Waals surface area contributed by atoms with Crippen molar-refractivity contribution in [2.45, 2.75) is 46.6 Å². The minimum Gasteiger partial charge on any atom is -0.461 e. The fourth-order valence-corrected chi connectivity index (χ4v) is 2.96. The molecule has 0 bridgehead atoms. The van der Waals surface area contributed by atoms with E-state index in [1.165, 1.54) is 6.42 Å². The standard InChI is InChI=1S/C17H24O2/c1-13-9-10-15(17(13,2)3)11-16(18)19-12-14-7-5-4-6-8-14/h4-8,13,15H,9-12H2,1-3H3/t13-,15-/m0/s1. The van der Waals surface area contributed by atoms with Gasteiger partial charge >= 0.3 is 5.97 Å². The molecule has 0 heterocycles. The van der Waals surface area contributed by atoms with E-state index in [-0.39, 0.29) is 11.4 Å². The summed E-state index contributed by atoms with van der Waals surface area (Å²) in [5.74, 6) is 1.10. The highest BCUT2D eigenvalue weighted by Crippen LogP contribution is 2.48. The Hall–Kier alpha value is -1.31. The molecule has 0 amide bonds. The van der Waals surface area contributed by atoms with Gasteiger partial charge in [0.1, 0.15) is 6.61 Å². The Morgan fingerprint density at radius 1 is 1.26 bits per heavy atom. The Morgan fingerprint density at radius 2 is 1.95 bits per heavy atom. The van der Waals surface area contributed by atoms with Crippen LogP contribution in [0.15, 0.2) is 30.3 Å². The number of hydrogen-bond acceptors (Lipinski definition) is 2. The molecular weight excluding hydrogens is 236 g/mol. The normalized spacial score (nSPS) is 25.2. The van der Waals surface area contributed by atoms with Gasteiger partial charge in [0.25, 0.3) is 0 Å². The largest absolute Gasteiger partial charge is 0.461 e. The van der Waals surface area contributed by atoms with Crippen molar-refractivity contribution in [3.05, 3.63) is 35.9 Å². The first kappa shape index (κ1) is 14.1. The van der Waals surface area contributed by atoms with Gasteiger partial charge in [-0.2, -0.15) is 0 Å². The third-order valence-electron chi connectivity index (χ3n) is 4.93. The zero-order valence-corrected chi connectivity index (χ0v) is 12.2. The predicted molar refractivity (Wildman–Crippen MR) is 76.5 cm³/mol. The Bertz CT molecular complexity index is 422. The molecule has 0 unspecified atom stereocenters. The number of ether oxygens (including phenoxy) is 1. The van der Waals surface area contributed by atoms with E-state index in [9.17, 15) is 4.79 Å². The highest BCUT2D eigenvalue weighted by molar-refractivity contribution is 5.69. The van der Waals surface area contributed by atoms with Crippen LogP contribution in [0.2, 0.25) is 0 Å². The van der Waals surface area contributed by atoms with Gasteiger partial charge < -0.3 is 4.74 Å². The number of hydrogen-bond donors (Lipinski definition) is 0. The summed E-state index contributed by atoms with van der Waals surface area (Å²) in [6.45, 7) is 7.23. The average Bonchev–Trinajstić information content (AvgIpc) is 2.64.